The van der Waals surface area contributed by atoms with E-state index in [2.05, 4.69) is 27.8 Å². The van der Waals surface area contributed by atoms with Crippen molar-refractivity contribution in [2.75, 3.05) is 26.0 Å². The van der Waals surface area contributed by atoms with Gasteiger partial charge >= 0.3 is 6.01 Å². The van der Waals surface area contributed by atoms with Gasteiger partial charge < -0.3 is 20.0 Å². The maximum absolute atomic E-state index is 11.6. The van der Waals surface area contributed by atoms with Gasteiger partial charge in [0.1, 0.15) is 6.04 Å². The van der Waals surface area contributed by atoms with E-state index in [0.717, 1.165) is 13.0 Å². The number of carbonyl (C=O) groups excluding carboxylic acids is 1. The Morgan fingerprint density at radius 1 is 1.44 bits per heavy atom. The van der Waals surface area contributed by atoms with Crippen molar-refractivity contribution in [3.8, 4) is 0 Å². The summed E-state index contributed by atoms with van der Waals surface area (Å²) in [5.41, 5.74) is 0. The summed E-state index contributed by atoms with van der Waals surface area (Å²) in [6, 6.07) is -0.122. The molecule has 0 aliphatic heterocycles. The Balaban J connectivity index is 2.45. The van der Waals surface area contributed by atoms with Crippen molar-refractivity contribution in [2.24, 2.45) is 0 Å². The minimum atomic E-state index is -0.392. The first-order valence-electron chi connectivity index (χ1n) is 6.05. The average molecular weight is 255 g/mol. The second kappa shape index (κ2) is 6.95. The Hall–Kier alpha value is -1.63. The molecule has 7 nitrogen and oxygen atoms in total. The van der Waals surface area contributed by atoms with Crippen molar-refractivity contribution in [1.82, 2.24) is 20.4 Å². The normalized spacial score (nSPS) is 12.2. The molecular weight excluding hydrogens is 234 g/mol. The number of amides is 1. The zero-order valence-electron chi connectivity index (χ0n) is 11.4. The molecule has 1 rings (SSSR count). The molecule has 102 valence electrons. The van der Waals surface area contributed by atoms with E-state index in [4.69, 9.17) is 4.42 Å². The summed E-state index contributed by atoms with van der Waals surface area (Å²) in [5, 5.41) is 13.8. The molecule has 7 heteroatoms. The minimum absolute atomic E-state index is 0.0427. The maximum atomic E-state index is 11.6. The van der Waals surface area contributed by atoms with Gasteiger partial charge in [0.05, 0.1) is 6.54 Å². The fraction of sp³-hybridized carbons (Fsp3) is 0.727. The average Bonchev–Trinajstić information content (AvgIpc) is 2.76. The number of nitrogens with zero attached hydrogens (tertiary/aromatic N) is 3. The molecule has 0 aliphatic carbocycles. The topological polar surface area (TPSA) is 83.3 Å². The predicted octanol–water partition coefficient (Wildman–Crippen LogP) is 0.458. The largest absolute Gasteiger partial charge is 0.407 e. The van der Waals surface area contributed by atoms with Gasteiger partial charge in [0.25, 0.3) is 0 Å². The van der Waals surface area contributed by atoms with Crippen molar-refractivity contribution in [1.29, 1.82) is 0 Å². The van der Waals surface area contributed by atoms with Gasteiger partial charge in [-0.15, -0.1) is 5.10 Å². The smallest absolute Gasteiger partial charge is 0.316 e. The molecule has 1 aromatic heterocycles. The lowest BCUT2D eigenvalue weighted by atomic mass is 10.3. The summed E-state index contributed by atoms with van der Waals surface area (Å²) >= 11 is 0. The molecule has 0 aromatic carbocycles. The van der Waals surface area contributed by atoms with E-state index in [9.17, 15) is 4.79 Å². The first-order valence-corrected chi connectivity index (χ1v) is 6.05. The first-order chi connectivity index (χ1) is 8.54. The van der Waals surface area contributed by atoms with Gasteiger partial charge in [0.15, 0.2) is 0 Å². The van der Waals surface area contributed by atoms with E-state index in [0.29, 0.717) is 12.4 Å². The van der Waals surface area contributed by atoms with Crippen LogP contribution in [0.5, 0.6) is 0 Å². The zero-order valence-corrected chi connectivity index (χ0v) is 11.4. The number of anilines is 1. The highest BCUT2D eigenvalue weighted by atomic mass is 16.4. The molecule has 18 heavy (non-hydrogen) atoms. The van der Waals surface area contributed by atoms with Gasteiger partial charge in [-0.1, -0.05) is 12.0 Å². The van der Waals surface area contributed by atoms with Gasteiger partial charge in [0.2, 0.25) is 11.8 Å². The third-order valence-corrected chi connectivity index (χ3v) is 2.32. The molecule has 1 amide bonds. The molecule has 0 aliphatic rings. The molecule has 2 N–H and O–H groups in total. The Morgan fingerprint density at radius 2 is 2.17 bits per heavy atom. The van der Waals surface area contributed by atoms with E-state index in [1.54, 1.807) is 21.0 Å². The van der Waals surface area contributed by atoms with Crippen molar-refractivity contribution in [3.05, 3.63) is 5.89 Å². The quantitative estimate of drug-likeness (QED) is 0.689. The van der Waals surface area contributed by atoms with E-state index >= 15 is 0 Å². The van der Waals surface area contributed by atoms with Crippen LogP contribution in [0.25, 0.3) is 0 Å². The summed E-state index contributed by atoms with van der Waals surface area (Å²) in [7, 11) is 3.41. The Labute approximate surface area is 107 Å². The molecule has 1 heterocycles. The summed E-state index contributed by atoms with van der Waals surface area (Å²) in [4.78, 5) is 13.1. The third-order valence-electron chi connectivity index (χ3n) is 2.32. The molecule has 0 saturated heterocycles. The van der Waals surface area contributed by atoms with Crippen LogP contribution in [0.15, 0.2) is 4.42 Å². The van der Waals surface area contributed by atoms with Crippen molar-refractivity contribution >= 4 is 11.9 Å². The fourth-order valence-corrected chi connectivity index (χ4v) is 1.39. The molecule has 0 saturated carbocycles. The number of nitrogens with one attached hydrogen (secondary N) is 2. The van der Waals surface area contributed by atoms with E-state index in [1.807, 2.05) is 0 Å². The summed E-state index contributed by atoms with van der Waals surface area (Å²) in [6.45, 7) is 5.28. The molecule has 0 bridgehead atoms. The monoisotopic (exact) mass is 255 g/mol. The van der Waals surface area contributed by atoms with E-state index in [-0.39, 0.29) is 11.9 Å². The lowest BCUT2D eigenvalue weighted by molar-refractivity contribution is -0.129. The number of carbonyl (C=O) groups is 1. The van der Waals surface area contributed by atoms with Crippen LogP contribution >= 0.6 is 0 Å². The molecule has 0 fully saturated rings. The fourth-order valence-electron chi connectivity index (χ4n) is 1.39. The van der Waals surface area contributed by atoms with E-state index in [1.165, 1.54) is 4.90 Å². The highest BCUT2D eigenvalue weighted by Gasteiger charge is 2.17. The van der Waals surface area contributed by atoms with Crippen LogP contribution in [-0.4, -0.2) is 47.7 Å². The minimum Gasteiger partial charge on any atom is -0.407 e. The second-order valence-corrected chi connectivity index (χ2v) is 4.28. The molecule has 0 radical (unpaired) electrons. The highest BCUT2D eigenvalue weighted by Crippen LogP contribution is 2.07. The molecule has 1 aromatic rings. The van der Waals surface area contributed by atoms with Crippen LogP contribution in [0, 0.1) is 0 Å². The lowest BCUT2D eigenvalue weighted by Crippen LogP contribution is -2.36. The van der Waals surface area contributed by atoms with E-state index < -0.39 is 6.04 Å². The Bertz CT molecular complexity index is 377. The number of hydrogen-bond acceptors (Lipinski definition) is 6. The van der Waals surface area contributed by atoms with Gasteiger partial charge in [-0.2, -0.15) is 0 Å². The second-order valence-electron chi connectivity index (χ2n) is 4.28. The molecule has 1 unspecified atom stereocenters. The van der Waals surface area contributed by atoms with Crippen LogP contribution in [0.3, 0.4) is 0 Å². The van der Waals surface area contributed by atoms with Crippen LogP contribution in [0.4, 0.5) is 6.01 Å². The van der Waals surface area contributed by atoms with Crippen LogP contribution in [-0.2, 0) is 11.3 Å². The van der Waals surface area contributed by atoms with Crippen LogP contribution in [0.2, 0.25) is 0 Å². The Kier molecular flexibility index (Phi) is 5.57. The van der Waals surface area contributed by atoms with Crippen LogP contribution < -0.4 is 10.6 Å². The molecule has 1 atom stereocenters. The number of aromatic nitrogens is 2. The lowest BCUT2D eigenvalue weighted by Gasteiger charge is -2.16. The summed E-state index contributed by atoms with van der Waals surface area (Å²) in [6.07, 6.45) is 1.05. The van der Waals surface area contributed by atoms with Crippen molar-refractivity contribution in [2.45, 2.75) is 32.9 Å². The predicted molar refractivity (Wildman–Crippen MR) is 68.1 cm³/mol. The zero-order chi connectivity index (χ0) is 13.5. The third kappa shape index (κ3) is 4.33. The van der Waals surface area contributed by atoms with Gasteiger partial charge in [-0.05, 0) is 19.9 Å². The van der Waals surface area contributed by atoms with Gasteiger partial charge in [-0.3, -0.25) is 4.79 Å². The van der Waals surface area contributed by atoms with Crippen LogP contribution in [0.1, 0.15) is 26.2 Å². The maximum Gasteiger partial charge on any atom is 0.316 e. The Morgan fingerprint density at radius 3 is 2.78 bits per heavy atom. The molecular formula is C11H21N5O2. The number of likely N-dealkylation sites (N-methyl/N-ethyl adjacent to an activating group) is 1. The number of rotatable bonds is 7. The highest BCUT2D eigenvalue weighted by molar-refractivity contribution is 5.83. The first kappa shape index (κ1) is 14.4. The molecule has 0 spiro atoms. The van der Waals surface area contributed by atoms with Gasteiger partial charge in [-0.25, -0.2) is 0 Å². The summed E-state index contributed by atoms with van der Waals surface area (Å²) in [5.74, 6) is 0.467. The van der Waals surface area contributed by atoms with Crippen molar-refractivity contribution in [3.63, 3.8) is 0 Å². The standard InChI is InChI=1S/C11H21N5O2/c1-5-6-12-7-9-14-15-11(18-9)13-8(2)10(17)16(3)4/h8,12H,5-7H2,1-4H3,(H,13,15). The number of hydrogen-bond donors (Lipinski definition) is 2. The summed E-state index contributed by atoms with van der Waals surface area (Å²) < 4.78 is 5.36. The van der Waals surface area contributed by atoms with Crippen molar-refractivity contribution < 1.29 is 9.21 Å². The SMILES string of the molecule is CCCNCc1nnc(NC(C)C(=O)N(C)C)o1. The van der Waals surface area contributed by atoms with Gasteiger partial charge in [0, 0.05) is 14.1 Å².